The molecule has 4 aromatic rings. The maximum absolute atomic E-state index is 12.9. The topological polar surface area (TPSA) is 71.3 Å². The SMILES string of the molecule is CC(C)c1nc2ccc(NC(=O)N3CCCC(c4nc5ccccc5o4)C3)cc2s1. The summed E-state index contributed by atoms with van der Waals surface area (Å²) in [5.74, 6) is 1.24. The van der Waals surface area contributed by atoms with E-state index >= 15 is 0 Å². The molecule has 0 spiro atoms. The molecule has 0 saturated carbocycles. The van der Waals surface area contributed by atoms with E-state index in [0.29, 0.717) is 12.5 Å². The van der Waals surface area contributed by atoms with Crippen LogP contribution in [0.3, 0.4) is 0 Å². The Balaban J connectivity index is 1.30. The van der Waals surface area contributed by atoms with E-state index in [-0.39, 0.29) is 11.9 Å². The fourth-order valence-corrected chi connectivity index (χ4v) is 4.91. The summed E-state index contributed by atoms with van der Waals surface area (Å²) in [5, 5.41) is 4.17. The molecule has 5 rings (SSSR count). The van der Waals surface area contributed by atoms with Crippen LogP contribution in [0.1, 0.15) is 49.4 Å². The fourth-order valence-electron chi connectivity index (χ4n) is 3.90. The number of carbonyl (C=O) groups excluding carboxylic acids is 1. The maximum Gasteiger partial charge on any atom is 0.321 e. The van der Waals surface area contributed by atoms with Crippen LogP contribution in [0.5, 0.6) is 0 Å². The highest BCUT2D eigenvalue weighted by Gasteiger charge is 2.28. The van der Waals surface area contributed by atoms with Gasteiger partial charge in [0.2, 0.25) is 0 Å². The van der Waals surface area contributed by atoms with E-state index in [1.54, 1.807) is 11.3 Å². The van der Waals surface area contributed by atoms with E-state index in [2.05, 4.69) is 29.1 Å². The van der Waals surface area contributed by atoms with Crippen molar-refractivity contribution in [2.45, 2.75) is 38.5 Å². The number of anilines is 1. The van der Waals surface area contributed by atoms with Gasteiger partial charge in [-0.3, -0.25) is 0 Å². The summed E-state index contributed by atoms with van der Waals surface area (Å²) in [6, 6.07) is 13.6. The number of likely N-dealkylation sites (tertiary alicyclic amines) is 1. The van der Waals surface area contributed by atoms with Crippen LogP contribution in [0.15, 0.2) is 46.9 Å². The third kappa shape index (κ3) is 3.65. The Labute approximate surface area is 178 Å². The van der Waals surface area contributed by atoms with Gasteiger partial charge in [0.05, 0.1) is 21.1 Å². The minimum absolute atomic E-state index is 0.0799. The first-order chi connectivity index (χ1) is 14.6. The van der Waals surface area contributed by atoms with Crippen molar-refractivity contribution in [2.75, 3.05) is 18.4 Å². The lowest BCUT2D eigenvalue weighted by molar-refractivity contribution is 0.187. The summed E-state index contributed by atoms with van der Waals surface area (Å²) in [5.41, 5.74) is 3.45. The highest BCUT2D eigenvalue weighted by Crippen LogP contribution is 2.31. The van der Waals surface area contributed by atoms with Crippen molar-refractivity contribution in [3.05, 3.63) is 53.4 Å². The number of carbonyl (C=O) groups is 1. The summed E-state index contributed by atoms with van der Waals surface area (Å²) >= 11 is 1.69. The van der Waals surface area contributed by atoms with E-state index in [4.69, 9.17) is 4.42 Å². The highest BCUT2D eigenvalue weighted by atomic mass is 32.1. The normalized spacial score (nSPS) is 17.2. The van der Waals surface area contributed by atoms with E-state index in [9.17, 15) is 4.79 Å². The second-order valence-electron chi connectivity index (χ2n) is 8.12. The van der Waals surface area contributed by atoms with Crippen LogP contribution in [0.4, 0.5) is 10.5 Å². The standard InChI is InChI=1S/C23H24N4O2S/c1-14(2)22-26-18-10-9-16(12-20(18)30-22)24-23(28)27-11-5-6-15(13-27)21-25-17-7-3-4-8-19(17)29-21/h3-4,7-10,12,14-15H,5-6,11,13H2,1-2H3,(H,24,28). The summed E-state index contributed by atoms with van der Waals surface area (Å²) < 4.78 is 7.05. The van der Waals surface area contributed by atoms with Gasteiger partial charge >= 0.3 is 6.03 Å². The number of hydrogen-bond acceptors (Lipinski definition) is 5. The van der Waals surface area contributed by atoms with Gasteiger partial charge in [-0.2, -0.15) is 0 Å². The number of fused-ring (bicyclic) bond motifs is 2. The van der Waals surface area contributed by atoms with Crippen LogP contribution in [0.25, 0.3) is 21.3 Å². The summed E-state index contributed by atoms with van der Waals surface area (Å²) in [6.07, 6.45) is 1.91. The second-order valence-corrected chi connectivity index (χ2v) is 9.19. The molecule has 7 heteroatoms. The molecule has 0 bridgehead atoms. The van der Waals surface area contributed by atoms with E-state index in [0.717, 1.165) is 57.3 Å². The van der Waals surface area contributed by atoms with E-state index in [1.165, 1.54) is 0 Å². The van der Waals surface area contributed by atoms with Crippen LogP contribution < -0.4 is 5.32 Å². The maximum atomic E-state index is 12.9. The molecule has 1 aliphatic heterocycles. The number of aromatic nitrogens is 2. The van der Waals surface area contributed by atoms with Gasteiger partial charge in [-0.1, -0.05) is 26.0 Å². The van der Waals surface area contributed by atoms with Crippen LogP contribution in [-0.4, -0.2) is 34.0 Å². The number of piperidine rings is 1. The lowest BCUT2D eigenvalue weighted by Gasteiger charge is -2.31. The molecule has 3 heterocycles. The van der Waals surface area contributed by atoms with E-state index in [1.807, 2.05) is 47.4 Å². The molecule has 0 radical (unpaired) electrons. The molecule has 2 amide bonds. The number of benzene rings is 2. The molecule has 1 unspecified atom stereocenters. The third-order valence-corrected chi connectivity index (χ3v) is 6.84. The number of thiazole rings is 1. The zero-order chi connectivity index (χ0) is 20.7. The number of para-hydroxylation sites is 2. The van der Waals surface area contributed by atoms with Crippen molar-refractivity contribution < 1.29 is 9.21 Å². The second kappa shape index (κ2) is 7.72. The molecular formula is C23H24N4O2S. The molecule has 2 aromatic heterocycles. The molecule has 1 atom stereocenters. The van der Waals surface area contributed by atoms with Crippen molar-refractivity contribution in [2.24, 2.45) is 0 Å². The van der Waals surface area contributed by atoms with Gasteiger partial charge in [-0.15, -0.1) is 11.3 Å². The number of amides is 2. The first-order valence-corrected chi connectivity index (χ1v) is 11.2. The molecule has 1 N–H and O–H groups in total. The van der Waals surface area contributed by atoms with Gasteiger partial charge in [-0.05, 0) is 43.2 Å². The molecule has 1 aliphatic rings. The Morgan fingerprint density at radius 1 is 1.20 bits per heavy atom. The molecular weight excluding hydrogens is 396 g/mol. The Morgan fingerprint density at radius 2 is 2.07 bits per heavy atom. The molecule has 1 fully saturated rings. The van der Waals surface area contributed by atoms with Crippen LogP contribution >= 0.6 is 11.3 Å². The van der Waals surface area contributed by atoms with Crippen molar-refractivity contribution in [3.8, 4) is 0 Å². The van der Waals surface area contributed by atoms with Gasteiger partial charge in [-0.25, -0.2) is 14.8 Å². The number of urea groups is 1. The Bertz CT molecular complexity index is 1180. The summed E-state index contributed by atoms with van der Waals surface area (Å²) in [6.45, 7) is 5.63. The predicted molar refractivity (Wildman–Crippen MR) is 120 cm³/mol. The molecule has 2 aromatic carbocycles. The van der Waals surface area contributed by atoms with Crippen LogP contribution in [-0.2, 0) is 0 Å². The zero-order valence-corrected chi connectivity index (χ0v) is 17.9. The lowest BCUT2D eigenvalue weighted by Crippen LogP contribution is -2.41. The largest absolute Gasteiger partial charge is 0.440 e. The molecule has 1 saturated heterocycles. The van der Waals surface area contributed by atoms with Crippen LogP contribution in [0, 0.1) is 0 Å². The molecule has 6 nitrogen and oxygen atoms in total. The van der Waals surface area contributed by atoms with Gasteiger partial charge in [0.25, 0.3) is 0 Å². The average Bonchev–Trinajstić information content (AvgIpc) is 3.38. The minimum Gasteiger partial charge on any atom is -0.440 e. The van der Waals surface area contributed by atoms with Gasteiger partial charge in [0.15, 0.2) is 11.5 Å². The van der Waals surface area contributed by atoms with Crippen LogP contribution in [0.2, 0.25) is 0 Å². The number of oxazole rings is 1. The highest BCUT2D eigenvalue weighted by molar-refractivity contribution is 7.18. The quantitative estimate of drug-likeness (QED) is 0.443. The Hall–Kier alpha value is -2.93. The molecule has 0 aliphatic carbocycles. The van der Waals surface area contributed by atoms with Gasteiger partial charge < -0.3 is 14.6 Å². The average molecular weight is 421 g/mol. The van der Waals surface area contributed by atoms with Crippen molar-refractivity contribution in [3.63, 3.8) is 0 Å². The molecule has 154 valence electrons. The van der Waals surface area contributed by atoms with Crippen molar-refractivity contribution in [1.29, 1.82) is 0 Å². The predicted octanol–water partition coefficient (Wildman–Crippen LogP) is 5.97. The summed E-state index contributed by atoms with van der Waals surface area (Å²) in [7, 11) is 0. The fraction of sp³-hybridized carbons (Fsp3) is 0.348. The van der Waals surface area contributed by atoms with E-state index < -0.39 is 0 Å². The lowest BCUT2D eigenvalue weighted by atomic mass is 9.98. The monoisotopic (exact) mass is 420 g/mol. The summed E-state index contributed by atoms with van der Waals surface area (Å²) in [4.78, 5) is 24.1. The number of nitrogens with zero attached hydrogens (tertiary/aromatic N) is 3. The minimum atomic E-state index is -0.0799. The number of hydrogen-bond donors (Lipinski definition) is 1. The zero-order valence-electron chi connectivity index (χ0n) is 17.1. The number of rotatable bonds is 3. The van der Waals surface area contributed by atoms with Gasteiger partial charge in [0, 0.05) is 24.7 Å². The first-order valence-electron chi connectivity index (χ1n) is 10.4. The Kier molecular flexibility index (Phi) is 4.90. The molecule has 30 heavy (non-hydrogen) atoms. The smallest absolute Gasteiger partial charge is 0.321 e. The first kappa shape index (κ1) is 19.1. The number of nitrogens with one attached hydrogen (secondary N) is 1. The van der Waals surface area contributed by atoms with Crippen molar-refractivity contribution >= 4 is 44.4 Å². The van der Waals surface area contributed by atoms with Gasteiger partial charge in [0.1, 0.15) is 5.52 Å². The third-order valence-electron chi connectivity index (χ3n) is 5.52. The van der Waals surface area contributed by atoms with Crippen molar-refractivity contribution in [1.82, 2.24) is 14.9 Å². The Morgan fingerprint density at radius 3 is 2.90 bits per heavy atom.